The Labute approximate surface area is 130 Å². The Bertz CT molecular complexity index is 599. The molecule has 0 fully saturated rings. The van der Waals surface area contributed by atoms with Crippen molar-refractivity contribution in [1.82, 2.24) is 9.97 Å². The third-order valence-corrected chi connectivity index (χ3v) is 3.25. The maximum Gasteiger partial charge on any atom is 0.227 e. The minimum Gasteiger partial charge on any atom is -0.439 e. The second-order valence-electron chi connectivity index (χ2n) is 4.75. The Morgan fingerprint density at radius 3 is 2.48 bits per heavy atom. The summed E-state index contributed by atoms with van der Waals surface area (Å²) in [7, 11) is 0. The summed E-state index contributed by atoms with van der Waals surface area (Å²) in [5, 5.41) is 3.94. The summed E-state index contributed by atoms with van der Waals surface area (Å²) in [4.78, 5) is 9.06. The Balaban J connectivity index is 2.33. The van der Waals surface area contributed by atoms with Crippen LogP contribution in [-0.2, 0) is 6.42 Å². The van der Waals surface area contributed by atoms with Crippen LogP contribution < -0.4 is 10.1 Å². The van der Waals surface area contributed by atoms with E-state index in [9.17, 15) is 0 Å². The number of rotatable bonds is 6. The molecule has 1 N–H and O–H groups in total. The monoisotopic (exact) mass is 305 g/mol. The van der Waals surface area contributed by atoms with Crippen LogP contribution in [0.4, 0.5) is 5.82 Å². The van der Waals surface area contributed by atoms with E-state index in [1.807, 2.05) is 26.0 Å². The van der Waals surface area contributed by atoms with E-state index in [0.717, 1.165) is 36.6 Å². The van der Waals surface area contributed by atoms with Crippen molar-refractivity contribution in [3.8, 4) is 11.6 Å². The van der Waals surface area contributed by atoms with Gasteiger partial charge < -0.3 is 10.1 Å². The van der Waals surface area contributed by atoms with Crippen LogP contribution in [0.5, 0.6) is 11.6 Å². The quantitative estimate of drug-likeness (QED) is 0.846. The molecule has 1 heterocycles. The lowest BCUT2D eigenvalue weighted by molar-refractivity contribution is 0.454. The topological polar surface area (TPSA) is 47.0 Å². The zero-order valence-corrected chi connectivity index (χ0v) is 13.4. The van der Waals surface area contributed by atoms with E-state index in [2.05, 4.69) is 22.2 Å². The first-order chi connectivity index (χ1) is 10.1. The fourth-order valence-corrected chi connectivity index (χ4v) is 2.05. The number of nitrogens with one attached hydrogen (secondary N) is 1. The number of anilines is 1. The number of benzene rings is 1. The average molecular weight is 306 g/mol. The van der Waals surface area contributed by atoms with Crippen molar-refractivity contribution in [2.24, 2.45) is 0 Å². The number of halogens is 1. The van der Waals surface area contributed by atoms with Gasteiger partial charge in [-0.1, -0.05) is 18.5 Å². The fraction of sp³-hybridized carbons (Fsp3) is 0.375. The smallest absolute Gasteiger partial charge is 0.227 e. The highest BCUT2D eigenvalue weighted by atomic mass is 35.5. The second-order valence-corrected chi connectivity index (χ2v) is 5.19. The van der Waals surface area contributed by atoms with E-state index < -0.39 is 0 Å². The predicted molar refractivity (Wildman–Crippen MR) is 86.5 cm³/mol. The molecule has 21 heavy (non-hydrogen) atoms. The Kier molecular flexibility index (Phi) is 5.39. The third kappa shape index (κ3) is 4.08. The lowest BCUT2D eigenvalue weighted by Gasteiger charge is -2.13. The Morgan fingerprint density at radius 1 is 1.14 bits per heavy atom. The molecule has 0 saturated heterocycles. The van der Waals surface area contributed by atoms with E-state index in [0.29, 0.717) is 16.7 Å². The first-order valence-electron chi connectivity index (χ1n) is 7.18. The van der Waals surface area contributed by atoms with Crippen molar-refractivity contribution in [3.05, 3.63) is 40.7 Å². The summed E-state index contributed by atoms with van der Waals surface area (Å²) >= 11 is 5.89. The largest absolute Gasteiger partial charge is 0.439 e. The molecule has 4 nitrogen and oxygen atoms in total. The molecule has 0 aliphatic carbocycles. The molecule has 0 radical (unpaired) electrons. The molecule has 0 bridgehead atoms. The Hall–Kier alpha value is -1.81. The fourth-order valence-electron chi connectivity index (χ4n) is 1.93. The van der Waals surface area contributed by atoms with Crippen molar-refractivity contribution >= 4 is 17.4 Å². The third-order valence-electron chi connectivity index (χ3n) is 2.99. The van der Waals surface area contributed by atoms with Crippen molar-refractivity contribution in [2.75, 3.05) is 11.9 Å². The maximum absolute atomic E-state index is 5.89. The SMILES string of the molecule is CCCc1nc(NCC)c(C)c(Oc2ccc(Cl)cc2)n1. The molecule has 1 aromatic heterocycles. The Morgan fingerprint density at radius 2 is 1.86 bits per heavy atom. The van der Waals surface area contributed by atoms with Gasteiger partial charge >= 0.3 is 0 Å². The molecule has 2 aromatic rings. The van der Waals surface area contributed by atoms with Crippen molar-refractivity contribution < 1.29 is 4.74 Å². The molecule has 0 amide bonds. The number of nitrogens with zero attached hydrogens (tertiary/aromatic N) is 2. The molecule has 0 spiro atoms. The summed E-state index contributed by atoms with van der Waals surface area (Å²) in [6.45, 7) is 6.92. The van der Waals surface area contributed by atoms with Gasteiger partial charge in [-0.25, -0.2) is 4.98 Å². The molecule has 5 heteroatoms. The van der Waals surface area contributed by atoms with E-state index in [-0.39, 0.29) is 0 Å². The van der Waals surface area contributed by atoms with Crippen LogP contribution in [0.1, 0.15) is 31.7 Å². The lowest BCUT2D eigenvalue weighted by atomic mass is 10.2. The molecule has 0 unspecified atom stereocenters. The average Bonchev–Trinajstić information content (AvgIpc) is 2.47. The van der Waals surface area contributed by atoms with Gasteiger partial charge in [0.2, 0.25) is 5.88 Å². The first-order valence-corrected chi connectivity index (χ1v) is 7.56. The highest BCUT2D eigenvalue weighted by Crippen LogP contribution is 2.28. The lowest BCUT2D eigenvalue weighted by Crippen LogP contribution is -2.07. The van der Waals surface area contributed by atoms with Crippen LogP contribution in [-0.4, -0.2) is 16.5 Å². The van der Waals surface area contributed by atoms with Crippen LogP contribution in [0.2, 0.25) is 5.02 Å². The van der Waals surface area contributed by atoms with Gasteiger partial charge in [0.25, 0.3) is 0 Å². The van der Waals surface area contributed by atoms with Crippen LogP contribution in [0, 0.1) is 6.92 Å². The van der Waals surface area contributed by atoms with Gasteiger partial charge in [-0.3, -0.25) is 0 Å². The van der Waals surface area contributed by atoms with E-state index in [1.54, 1.807) is 12.1 Å². The number of aryl methyl sites for hydroxylation is 1. The van der Waals surface area contributed by atoms with Crippen LogP contribution >= 0.6 is 11.6 Å². The molecule has 0 aliphatic rings. The van der Waals surface area contributed by atoms with Crippen molar-refractivity contribution in [1.29, 1.82) is 0 Å². The summed E-state index contributed by atoms with van der Waals surface area (Å²) < 4.78 is 5.89. The highest BCUT2D eigenvalue weighted by molar-refractivity contribution is 6.30. The van der Waals surface area contributed by atoms with Gasteiger partial charge in [0.1, 0.15) is 17.4 Å². The van der Waals surface area contributed by atoms with E-state index >= 15 is 0 Å². The molecular weight excluding hydrogens is 286 g/mol. The molecule has 112 valence electrons. The van der Waals surface area contributed by atoms with Crippen LogP contribution in [0.3, 0.4) is 0 Å². The van der Waals surface area contributed by atoms with E-state index in [4.69, 9.17) is 16.3 Å². The molecular formula is C16H20ClN3O. The molecule has 0 aliphatic heterocycles. The molecule has 0 saturated carbocycles. The molecule has 0 atom stereocenters. The molecule has 2 rings (SSSR count). The van der Waals surface area contributed by atoms with Gasteiger partial charge in [-0.15, -0.1) is 0 Å². The molecule has 1 aromatic carbocycles. The van der Waals surface area contributed by atoms with Gasteiger partial charge in [0.05, 0.1) is 5.56 Å². The van der Waals surface area contributed by atoms with Gasteiger partial charge in [0.15, 0.2) is 0 Å². The van der Waals surface area contributed by atoms with E-state index in [1.165, 1.54) is 0 Å². The predicted octanol–water partition coefficient (Wildman–Crippen LogP) is 4.62. The summed E-state index contributed by atoms with van der Waals surface area (Å²) in [6, 6.07) is 7.25. The zero-order valence-electron chi connectivity index (χ0n) is 12.6. The number of aromatic nitrogens is 2. The zero-order chi connectivity index (χ0) is 15.2. The van der Waals surface area contributed by atoms with Crippen molar-refractivity contribution in [3.63, 3.8) is 0 Å². The minimum atomic E-state index is 0.590. The maximum atomic E-state index is 5.89. The highest BCUT2D eigenvalue weighted by Gasteiger charge is 2.12. The van der Waals surface area contributed by atoms with Gasteiger partial charge in [0, 0.05) is 18.0 Å². The first kappa shape index (κ1) is 15.6. The van der Waals surface area contributed by atoms with Crippen molar-refractivity contribution in [2.45, 2.75) is 33.6 Å². The second kappa shape index (κ2) is 7.27. The number of ether oxygens (including phenoxy) is 1. The van der Waals surface area contributed by atoms with Gasteiger partial charge in [-0.2, -0.15) is 4.98 Å². The van der Waals surface area contributed by atoms with Gasteiger partial charge in [-0.05, 0) is 44.5 Å². The minimum absolute atomic E-state index is 0.590. The number of hydrogen-bond acceptors (Lipinski definition) is 4. The van der Waals surface area contributed by atoms with Crippen LogP contribution in [0.25, 0.3) is 0 Å². The summed E-state index contributed by atoms with van der Waals surface area (Å²) in [5.74, 6) is 2.93. The normalized spacial score (nSPS) is 10.5. The summed E-state index contributed by atoms with van der Waals surface area (Å²) in [6.07, 6.45) is 1.82. The van der Waals surface area contributed by atoms with Crippen LogP contribution in [0.15, 0.2) is 24.3 Å². The standard InChI is InChI=1S/C16H20ClN3O/c1-4-6-14-19-15(18-5-2)11(3)16(20-14)21-13-9-7-12(17)8-10-13/h7-10H,4-6H2,1-3H3,(H,18,19,20). The number of hydrogen-bond donors (Lipinski definition) is 1. The summed E-state index contributed by atoms with van der Waals surface area (Å²) in [5.41, 5.74) is 0.909.